The number of hydrogen-bond acceptors (Lipinski definition) is 5. The number of carboxylic acids is 1. The van der Waals surface area contributed by atoms with Crippen molar-refractivity contribution < 1.29 is 14.7 Å². The van der Waals surface area contributed by atoms with Gasteiger partial charge in [0.1, 0.15) is 12.2 Å². The Labute approximate surface area is 101 Å². The van der Waals surface area contributed by atoms with Crippen LogP contribution in [-0.4, -0.2) is 37.0 Å². The lowest BCUT2D eigenvalue weighted by Gasteiger charge is -2.04. The lowest BCUT2D eigenvalue weighted by atomic mass is 10.3. The van der Waals surface area contributed by atoms with Crippen LogP contribution in [0.5, 0.6) is 0 Å². The standard InChI is InChI=1S/C10H9N5O3/c16-9(6-15-4-3-12-14-15)13-7-1-2-8(10(17)18)11-5-7/h1-5H,6H2,(H,13,16)(H,17,18). The summed E-state index contributed by atoms with van der Waals surface area (Å²) in [6.07, 6.45) is 4.31. The highest BCUT2D eigenvalue weighted by molar-refractivity contribution is 5.91. The number of carbonyl (C=O) groups excluding carboxylic acids is 1. The monoisotopic (exact) mass is 247 g/mol. The number of carboxylic acid groups (broad SMARTS) is 1. The largest absolute Gasteiger partial charge is 0.477 e. The van der Waals surface area contributed by atoms with E-state index in [-0.39, 0.29) is 18.1 Å². The molecule has 0 fully saturated rings. The lowest BCUT2D eigenvalue weighted by Crippen LogP contribution is -2.19. The lowest BCUT2D eigenvalue weighted by molar-refractivity contribution is -0.116. The summed E-state index contributed by atoms with van der Waals surface area (Å²) in [5, 5.41) is 18.4. The number of amides is 1. The topological polar surface area (TPSA) is 110 Å². The van der Waals surface area contributed by atoms with Gasteiger partial charge in [0.2, 0.25) is 5.91 Å². The highest BCUT2D eigenvalue weighted by atomic mass is 16.4. The molecule has 8 heteroatoms. The molecule has 0 aliphatic heterocycles. The predicted octanol–water partition coefficient (Wildman–Crippen LogP) is 0.01000. The van der Waals surface area contributed by atoms with E-state index in [9.17, 15) is 9.59 Å². The number of pyridine rings is 1. The molecule has 2 rings (SSSR count). The molecule has 0 bridgehead atoms. The summed E-state index contributed by atoms with van der Waals surface area (Å²) in [6, 6.07) is 2.78. The van der Waals surface area contributed by atoms with Gasteiger partial charge in [-0.2, -0.15) is 0 Å². The molecule has 0 saturated carbocycles. The molecule has 0 saturated heterocycles. The Morgan fingerprint density at radius 1 is 1.39 bits per heavy atom. The zero-order valence-electron chi connectivity index (χ0n) is 9.15. The fourth-order valence-electron chi connectivity index (χ4n) is 1.26. The van der Waals surface area contributed by atoms with E-state index in [1.807, 2.05) is 0 Å². The van der Waals surface area contributed by atoms with Crippen LogP contribution in [0.15, 0.2) is 30.7 Å². The second-order valence-corrected chi connectivity index (χ2v) is 3.39. The maximum atomic E-state index is 11.6. The Kier molecular flexibility index (Phi) is 3.28. The van der Waals surface area contributed by atoms with E-state index in [4.69, 9.17) is 5.11 Å². The fourth-order valence-corrected chi connectivity index (χ4v) is 1.26. The van der Waals surface area contributed by atoms with Gasteiger partial charge >= 0.3 is 5.97 Å². The number of hydrogen-bond donors (Lipinski definition) is 2. The van der Waals surface area contributed by atoms with Crippen molar-refractivity contribution in [1.82, 2.24) is 20.0 Å². The van der Waals surface area contributed by atoms with Gasteiger partial charge in [0.25, 0.3) is 0 Å². The molecule has 0 unspecified atom stereocenters. The number of nitrogens with zero attached hydrogens (tertiary/aromatic N) is 4. The number of carbonyl (C=O) groups is 2. The number of aromatic carboxylic acids is 1. The maximum absolute atomic E-state index is 11.6. The average Bonchev–Trinajstić information content (AvgIpc) is 2.82. The first-order chi connectivity index (χ1) is 8.65. The van der Waals surface area contributed by atoms with Gasteiger partial charge in [-0.25, -0.2) is 14.5 Å². The van der Waals surface area contributed by atoms with Crippen molar-refractivity contribution in [2.45, 2.75) is 6.54 Å². The smallest absolute Gasteiger partial charge is 0.354 e. The molecule has 2 heterocycles. The molecule has 2 aromatic rings. The minimum absolute atomic E-state index is 0.0285. The van der Waals surface area contributed by atoms with Crippen molar-refractivity contribution in [3.8, 4) is 0 Å². The van der Waals surface area contributed by atoms with Gasteiger partial charge in [-0.05, 0) is 12.1 Å². The first kappa shape index (κ1) is 11.7. The highest BCUT2D eigenvalue weighted by Crippen LogP contribution is 2.06. The van der Waals surface area contributed by atoms with Crippen LogP contribution in [0, 0.1) is 0 Å². The van der Waals surface area contributed by atoms with Gasteiger partial charge in [-0.15, -0.1) is 5.10 Å². The van der Waals surface area contributed by atoms with E-state index in [1.54, 1.807) is 6.20 Å². The molecule has 8 nitrogen and oxygen atoms in total. The van der Waals surface area contributed by atoms with Crippen LogP contribution in [-0.2, 0) is 11.3 Å². The van der Waals surface area contributed by atoms with Crippen LogP contribution in [0.1, 0.15) is 10.5 Å². The van der Waals surface area contributed by atoms with E-state index in [0.717, 1.165) is 0 Å². The molecule has 2 N–H and O–H groups in total. The third kappa shape index (κ3) is 2.88. The van der Waals surface area contributed by atoms with Crippen LogP contribution in [0.2, 0.25) is 0 Å². The molecule has 2 aromatic heterocycles. The summed E-state index contributed by atoms with van der Waals surface area (Å²) in [5.74, 6) is -1.42. The number of anilines is 1. The first-order valence-corrected chi connectivity index (χ1v) is 4.98. The minimum Gasteiger partial charge on any atom is -0.477 e. The van der Waals surface area contributed by atoms with Crippen molar-refractivity contribution in [2.75, 3.05) is 5.32 Å². The zero-order valence-corrected chi connectivity index (χ0v) is 9.15. The molecule has 0 aliphatic carbocycles. The first-order valence-electron chi connectivity index (χ1n) is 4.98. The van der Waals surface area contributed by atoms with E-state index in [1.165, 1.54) is 29.2 Å². The molecular formula is C10H9N5O3. The van der Waals surface area contributed by atoms with E-state index in [2.05, 4.69) is 20.6 Å². The van der Waals surface area contributed by atoms with Gasteiger partial charge in [-0.3, -0.25) is 4.79 Å². The second kappa shape index (κ2) is 5.04. The van der Waals surface area contributed by atoms with Gasteiger partial charge in [0, 0.05) is 6.20 Å². The Hall–Kier alpha value is -2.77. The molecule has 0 spiro atoms. The third-order valence-corrected chi connectivity index (χ3v) is 2.04. The zero-order chi connectivity index (χ0) is 13.0. The van der Waals surface area contributed by atoms with Crippen molar-refractivity contribution >= 4 is 17.6 Å². The van der Waals surface area contributed by atoms with Crippen molar-refractivity contribution in [3.63, 3.8) is 0 Å². The molecule has 92 valence electrons. The highest BCUT2D eigenvalue weighted by Gasteiger charge is 2.06. The minimum atomic E-state index is -1.12. The Morgan fingerprint density at radius 2 is 2.22 bits per heavy atom. The van der Waals surface area contributed by atoms with E-state index in [0.29, 0.717) is 5.69 Å². The van der Waals surface area contributed by atoms with Crippen LogP contribution >= 0.6 is 0 Å². The summed E-state index contributed by atoms with van der Waals surface area (Å²) in [6.45, 7) is 0.0285. The Bertz CT molecular complexity index is 549. The summed E-state index contributed by atoms with van der Waals surface area (Å²) in [4.78, 5) is 25.8. The van der Waals surface area contributed by atoms with Crippen LogP contribution in [0.3, 0.4) is 0 Å². The molecule has 0 atom stereocenters. The predicted molar refractivity (Wildman–Crippen MR) is 59.8 cm³/mol. The van der Waals surface area contributed by atoms with Gasteiger partial charge in [0.15, 0.2) is 0 Å². The van der Waals surface area contributed by atoms with Crippen molar-refractivity contribution in [2.24, 2.45) is 0 Å². The quantitative estimate of drug-likeness (QED) is 0.787. The number of rotatable bonds is 4. The summed E-state index contributed by atoms with van der Waals surface area (Å²) in [7, 11) is 0. The van der Waals surface area contributed by atoms with Crippen LogP contribution in [0.25, 0.3) is 0 Å². The molecule has 0 aliphatic rings. The van der Waals surface area contributed by atoms with Gasteiger partial charge < -0.3 is 10.4 Å². The van der Waals surface area contributed by atoms with E-state index >= 15 is 0 Å². The van der Waals surface area contributed by atoms with Crippen LogP contribution in [0.4, 0.5) is 5.69 Å². The third-order valence-electron chi connectivity index (χ3n) is 2.04. The molecular weight excluding hydrogens is 238 g/mol. The Morgan fingerprint density at radius 3 is 2.78 bits per heavy atom. The molecule has 18 heavy (non-hydrogen) atoms. The van der Waals surface area contributed by atoms with Gasteiger partial charge in [-0.1, -0.05) is 5.21 Å². The SMILES string of the molecule is O=C(Cn1ccnn1)Nc1ccc(C(=O)O)nc1. The second-order valence-electron chi connectivity index (χ2n) is 3.39. The average molecular weight is 247 g/mol. The Balaban J connectivity index is 1.97. The molecule has 1 amide bonds. The molecule has 0 radical (unpaired) electrons. The van der Waals surface area contributed by atoms with Crippen LogP contribution < -0.4 is 5.32 Å². The summed E-state index contributed by atoms with van der Waals surface area (Å²) >= 11 is 0. The maximum Gasteiger partial charge on any atom is 0.354 e. The summed E-state index contributed by atoms with van der Waals surface area (Å²) in [5.41, 5.74) is 0.342. The van der Waals surface area contributed by atoms with Gasteiger partial charge in [0.05, 0.1) is 18.1 Å². The number of aromatic nitrogens is 4. The van der Waals surface area contributed by atoms with E-state index < -0.39 is 5.97 Å². The summed E-state index contributed by atoms with van der Waals surface area (Å²) < 4.78 is 1.37. The van der Waals surface area contributed by atoms with Crippen molar-refractivity contribution in [1.29, 1.82) is 0 Å². The molecule has 0 aromatic carbocycles. The fraction of sp³-hybridized carbons (Fsp3) is 0.100. The normalized spacial score (nSPS) is 10.0. The van der Waals surface area contributed by atoms with Crippen molar-refractivity contribution in [3.05, 3.63) is 36.4 Å². The number of nitrogens with one attached hydrogen (secondary N) is 1.